The number of rotatable bonds is 10. The normalized spacial score (nSPS) is 16.3. The summed E-state index contributed by atoms with van der Waals surface area (Å²) in [6, 6.07) is 15.0. The van der Waals surface area contributed by atoms with E-state index in [1.807, 2.05) is 31.7 Å². The maximum atomic E-state index is 8.45. The molecule has 2 aromatic carbocycles. The molecule has 0 aliphatic carbocycles. The van der Waals surface area contributed by atoms with Gasteiger partial charge in [-0.25, -0.2) is 0 Å². The molecular weight excluding hydrogens is 502 g/mol. The van der Waals surface area contributed by atoms with Crippen molar-refractivity contribution in [3.63, 3.8) is 0 Å². The quantitative estimate of drug-likeness (QED) is 0.353. The molecule has 0 amide bonds. The Morgan fingerprint density at radius 3 is 2.22 bits per heavy atom. The number of para-hydroxylation sites is 1. The Hall–Kier alpha value is -1.28. The molecule has 0 spiro atoms. The number of nitrogens with zero attached hydrogens (tertiary/aromatic N) is 3. The lowest BCUT2D eigenvalue weighted by Gasteiger charge is -2.36. The van der Waals surface area contributed by atoms with Gasteiger partial charge < -0.3 is 24.5 Å². The molecule has 1 N–H and O–H groups in total. The molecule has 4 rings (SSSR count). The first-order valence-electron chi connectivity index (χ1n) is 13.7. The minimum absolute atomic E-state index is 0.158. The Kier molecular flexibility index (Phi) is 12.1. The van der Waals surface area contributed by atoms with Gasteiger partial charge in [-0.2, -0.15) is 0 Å². The predicted octanol–water partition coefficient (Wildman–Crippen LogP) is 6.79. The van der Waals surface area contributed by atoms with E-state index < -0.39 is 0 Å². The van der Waals surface area contributed by atoms with E-state index in [2.05, 4.69) is 64.9 Å². The molecule has 2 aliphatic heterocycles. The highest BCUT2D eigenvalue weighted by atomic mass is 35.5. The zero-order valence-electron chi connectivity index (χ0n) is 23.4. The first kappa shape index (κ1) is 30.3. The minimum Gasteiger partial charge on any atom is -0.396 e. The van der Waals surface area contributed by atoms with Crippen molar-refractivity contribution in [1.29, 1.82) is 0 Å². The number of benzene rings is 2. The summed E-state index contributed by atoms with van der Waals surface area (Å²) in [6.45, 7) is 17.0. The van der Waals surface area contributed by atoms with E-state index in [0.717, 1.165) is 23.9 Å². The van der Waals surface area contributed by atoms with Crippen LogP contribution in [0.5, 0.6) is 0 Å². The monoisotopic (exact) mass is 547 g/mol. The third kappa shape index (κ3) is 9.45. The lowest BCUT2D eigenvalue weighted by molar-refractivity contribution is 0.00292. The second-order valence-electron chi connectivity index (χ2n) is 11.0. The second-order valence-corrected chi connectivity index (χ2v) is 12.5. The molecule has 1 saturated heterocycles. The fraction of sp³-hybridized carbons (Fsp3) is 0.600. The van der Waals surface area contributed by atoms with Crippen molar-refractivity contribution < 1.29 is 9.84 Å². The van der Waals surface area contributed by atoms with Crippen molar-refractivity contribution in [3.8, 4) is 0 Å². The number of hydrogen-bond acceptors (Lipinski definition) is 6. The minimum atomic E-state index is -0.158. The molecule has 37 heavy (non-hydrogen) atoms. The molecule has 2 aliphatic rings. The van der Waals surface area contributed by atoms with Crippen molar-refractivity contribution in [2.75, 3.05) is 64.4 Å². The van der Waals surface area contributed by atoms with Gasteiger partial charge in [0.1, 0.15) is 0 Å². The highest BCUT2D eigenvalue weighted by Crippen LogP contribution is 2.48. The van der Waals surface area contributed by atoms with Gasteiger partial charge in [0.15, 0.2) is 0 Å². The van der Waals surface area contributed by atoms with Crippen LogP contribution in [-0.2, 0) is 4.74 Å². The van der Waals surface area contributed by atoms with Crippen molar-refractivity contribution >= 4 is 34.7 Å². The fourth-order valence-corrected chi connectivity index (χ4v) is 5.79. The molecular formula is C30H46ClN3O2S. The second kappa shape index (κ2) is 14.8. The van der Waals surface area contributed by atoms with Gasteiger partial charge in [0.2, 0.25) is 0 Å². The van der Waals surface area contributed by atoms with Crippen molar-refractivity contribution in [2.24, 2.45) is 5.92 Å². The molecule has 0 atom stereocenters. The number of fused-ring (bicyclic) bond motifs is 2. The molecule has 0 unspecified atom stereocenters. The fourth-order valence-electron chi connectivity index (χ4n) is 4.54. The summed E-state index contributed by atoms with van der Waals surface area (Å²) >= 11 is 8.18. The molecule has 2 heterocycles. The van der Waals surface area contributed by atoms with Crippen LogP contribution in [0.25, 0.3) is 0 Å². The molecule has 206 valence electrons. The number of anilines is 2. The Morgan fingerprint density at radius 1 is 0.946 bits per heavy atom. The Labute approximate surface area is 234 Å². The van der Waals surface area contributed by atoms with Crippen LogP contribution in [0, 0.1) is 5.92 Å². The summed E-state index contributed by atoms with van der Waals surface area (Å²) in [5, 5.41) is 9.26. The number of methoxy groups -OCH3 is 1. The predicted molar refractivity (Wildman–Crippen MR) is 159 cm³/mol. The van der Waals surface area contributed by atoms with E-state index >= 15 is 0 Å². The van der Waals surface area contributed by atoms with E-state index in [1.165, 1.54) is 66.9 Å². The van der Waals surface area contributed by atoms with Crippen LogP contribution >= 0.6 is 23.4 Å². The third-order valence-corrected chi connectivity index (χ3v) is 8.56. The van der Waals surface area contributed by atoms with Gasteiger partial charge in [0.05, 0.1) is 17.0 Å². The Morgan fingerprint density at radius 2 is 1.59 bits per heavy atom. The van der Waals surface area contributed by atoms with Gasteiger partial charge in [-0.05, 0) is 82.4 Å². The zero-order valence-corrected chi connectivity index (χ0v) is 25.0. The van der Waals surface area contributed by atoms with Gasteiger partial charge in [0, 0.05) is 61.3 Å². The number of ether oxygens (including phenoxy) is 1. The molecule has 2 aromatic rings. The van der Waals surface area contributed by atoms with Crippen molar-refractivity contribution in [1.82, 2.24) is 9.80 Å². The van der Waals surface area contributed by atoms with Crippen LogP contribution in [0.4, 0.5) is 11.4 Å². The highest BCUT2D eigenvalue weighted by molar-refractivity contribution is 7.99. The SMILES string of the molecule is CC(C)CCN1CCN(CCCN2c3ccccc3Sc3ccc(Cl)cc32)CC1.COC(C)(C)CCO. The first-order valence-corrected chi connectivity index (χ1v) is 14.9. The Bertz CT molecular complexity index is 964. The maximum absolute atomic E-state index is 8.45. The highest BCUT2D eigenvalue weighted by Gasteiger charge is 2.24. The Balaban J connectivity index is 0.000000414. The molecule has 0 radical (unpaired) electrons. The number of aliphatic hydroxyl groups excluding tert-OH is 1. The van der Waals surface area contributed by atoms with Crippen LogP contribution in [0.2, 0.25) is 5.02 Å². The van der Waals surface area contributed by atoms with Gasteiger partial charge in [-0.1, -0.05) is 49.3 Å². The smallest absolute Gasteiger partial charge is 0.0644 e. The molecule has 1 fully saturated rings. The third-order valence-electron chi connectivity index (χ3n) is 7.20. The standard InChI is InChI=1S/C24H32ClN3S.C6H14O2/c1-19(2)10-13-27-16-14-26(15-17-27)11-5-12-28-21-6-3-4-7-23(21)29-24-9-8-20(25)18-22(24)28;1-6(2,8-3)4-5-7/h3-4,6-9,18-19H,5,10-17H2,1-2H3;7H,4-5H2,1-3H3. The van der Waals surface area contributed by atoms with E-state index in [-0.39, 0.29) is 12.2 Å². The summed E-state index contributed by atoms with van der Waals surface area (Å²) in [5.41, 5.74) is 2.40. The maximum Gasteiger partial charge on any atom is 0.0644 e. The van der Waals surface area contributed by atoms with Crippen molar-refractivity contribution in [3.05, 3.63) is 47.5 Å². The number of hydrogen-bond donors (Lipinski definition) is 1. The van der Waals surface area contributed by atoms with E-state index in [0.29, 0.717) is 6.42 Å². The van der Waals surface area contributed by atoms with Gasteiger partial charge in [-0.15, -0.1) is 0 Å². The topological polar surface area (TPSA) is 39.2 Å². The van der Waals surface area contributed by atoms with Crippen LogP contribution in [-0.4, -0.2) is 80.0 Å². The number of halogens is 1. The molecule has 0 aromatic heterocycles. The van der Waals surface area contributed by atoms with Crippen LogP contribution in [0.3, 0.4) is 0 Å². The van der Waals surface area contributed by atoms with E-state index in [9.17, 15) is 0 Å². The van der Waals surface area contributed by atoms with Gasteiger partial charge in [-0.3, -0.25) is 0 Å². The van der Waals surface area contributed by atoms with E-state index in [1.54, 1.807) is 7.11 Å². The van der Waals surface area contributed by atoms with Crippen molar-refractivity contribution in [2.45, 2.75) is 62.3 Å². The van der Waals surface area contributed by atoms with Crippen LogP contribution < -0.4 is 4.90 Å². The average Bonchev–Trinajstić information content (AvgIpc) is 2.88. The molecule has 7 heteroatoms. The summed E-state index contributed by atoms with van der Waals surface area (Å²) in [5.74, 6) is 0.801. The zero-order chi connectivity index (χ0) is 26.8. The lowest BCUT2D eigenvalue weighted by atomic mass is 10.1. The summed E-state index contributed by atoms with van der Waals surface area (Å²) in [6.07, 6.45) is 3.18. The lowest BCUT2D eigenvalue weighted by Crippen LogP contribution is -2.47. The average molecular weight is 548 g/mol. The molecule has 0 saturated carbocycles. The van der Waals surface area contributed by atoms with Gasteiger partial charge in [0.25, 0.3) is 0 Å². The largest absolute Gasteiger partial charge is 0.396 e. The van der Waals surface area contributed by atoms with Gasteiger partial charge >= 0.3 is 0 Å². The number of aliphatic hydroxyl groups is 1. The summed E-state index contributed by atoms with van der Waals surface area (Å²) in [4.78, 5) is 10.4. The number of piperazine rings is 1. The first-order chi connectivity index (χ1) is 17.7. The van der Waals surface area contributed by atoms with Crippen LogP contribution in [0.1, 0.15) is 47.0 Å². The summed E-state index contributed by atoms with van der Waals surface area (Å²) in [7, 11) is 1.65. The summed E-state index contributed by atoms with van der Waals surface area (Å²) < 4.78 is 5.02. The molecule has 0 bridgehead atoms. The molecule has 5 nitrogen and oxygen atoms in total. The van der Waals surface area contributed by atoms with Crippen LogP contribution in [0.15, 0.2) is 52.3 Å². The van der Waals surface area contributed by atoms with E-state index in [4.69, 9.17) is 21.4 Å².